The zero-order valence-electron chi connectivity index (χ0n) is 9.89. The lowest BCUT2D eigenvalue weighted by atomic mass is 10.1. The molecular weight excluding hydrogens is 251 g/mol. The number of aromatic amines is 1. The molecule has 1 unspecified atom stereocenters. The van der Waals surface area contributed by atoms with E-state index in [1.54, 1.807) is 0 Å². The third-order valence-corrected chi connectivity index (χ3v) is 3.48. The van der Waals surface area contributed by atoms with Crippen LogP contribution in [0.1, 0.15) is 23.6 Å². The number of benzene rings is 1. The molecule has 1 aliphatic carbocycles. The molecule has 0 fully saturated rings. The molecule has 19 heavy (non-hydrogen) atoms. The molecule has 1 atom stereocenters. The van der Waals surface area contributed by atoms with E-state index in [0.717, 1.165) is 22.1 Å². The number of hydrogen-bond acceptors (Lipinski definition) is 3. The molecule has 0 saturated heterocycles. The molecule has 2 N–H and O–H groups in total. The average Bonchev–Trinajstić information content (AvgIpc) is 2.81. The van der Waals surface area contributed by atoms with Crippen LogP contribution in [0.2, 0.25) is 0 Å². The largest absolute Gasteiger partial charge is 0.492 e. The molecule has 0 spiro atoms. The van der Waals surface area contributed by atoms with Crippen LogP contribution < -0.4 is 11.2 Å². The van der Waals surface area contributed by atoms with Crippen molar-refractivity contribution >= 4 is 0 Å². The number of nitrogens with zero attached hydrogens (tertiary/aromatic N) is 1. The van der Waals surface area contributed by atoms with E-state index in [9.17, 15) is 19.1 Å². The second-order valence-electron chi connectivity index (χ2n) is 4.52. The van der Waals surface area contributed by atoms with Gasteiger partial charge in [-0.25, -0.2) is 4.79 Å². The first kappa shape index (κ1) is 11.7. The van der Waals surface area contributed by atoms with Gasteiger partial charge in [-0.3, -0.25) is 14.3 Å². The highest BCUT2D eigenvalue weighted by Gasteiger charge is 2.28. The summed E-state index contributed by atoms with van der Waals surface area (Å²) in [7, 11) is 0. The number of nitrogens with one attached hydrogen (secondary N) is 1. The zero-order chi connectivity index (χ0) is 13.6. The van der Waals surface area contributed by atoms with Crippen molar-refractivity contribution < 1.29 is 9.50 Å². The Bertz CT molecular complexity index is 763. The average molecular weight is 262 g/mol. The molecule has 0 bridgehead atoms. The standard InChI is InChI=1S/C13H11FN2O3/c14-10-11(17)15-13(19)16(12(10)18)9-6-5-7-3-1-2-4-8(7)9/h1-4,9,18H,5-6H2,(H,15,17,19). The molecule has 3 rings (SSSR count). The van der Waals surface area contributed by atoms with Crippen molar-refractivity contribution in [2.24, 2.45) is 0 Å². The van der Waals surface area contributed by atoms with Gasteiger partial charge in [0.25, 0.3) is 5.56 Å². The number of hydrogen-bond donors (Lipinski definition) is 2. The number of fused-ring (bicyclic) bond motifs is 1. The van der Waals surface area contributed by atoms with Crippen molar-refractivity contribution in [2.45, 2.75) is 18.9 Å². The fraction of sp³-hybridized carbons (Fsp3) is 0.231. The number of aryl methyl sites for hydroxylation is 1. The predicted octanol–water partition coefficient (Wildman–Crippen LogP) is 0.917. The van der Waals surface area contributed by atoms with Gasteiger partial charge in [-0.1, -0.05) is 24.3 Å². The second-order valence-corrected chi connectivity index (χ2v) is 4.52. The van der Waals surface area contributed by atoms with Crippen LogP contribution in [0.4, 0.5) is 4.39 Å². The topological polar surface area (TPSA) is 75.1 Å². The zero-order valence-corrected chi connectivity index (χ0v) is 9.89. The lowest BCUT2D eigenvalue weighted by molar-refractivity contribution is 0.345. The Kier molecular flexibility index (Phi) is 2.51. The van der Waals surface area contributed by atoms with E-state index in [2.05, 4.69) is 0 Å². The van der Waals surface area contributed by atoms with Crippen molar-refractivity contribution in [2.75, 3.05) is 0 Å². The molecule has 0 radical (unpaired) electrons. The molecular formula is C13H11FN2O3. The fourth-order valence-electron chi connectivity index (χ4n) is 2.61. The van der Waals surface area contributed by atoms with Crippen LogP contribution in [0.25, 0.3) is 0 Å². The van der Waals surface area contributed by atoms with Crippen LogP contribution in [0.3, 0.4) is 0 Å². The van der Waals surface area contributed by atoms with Crippen LogP contribution in [-0.2, 0) is 6.42 Å². The molecule has 5 nitrogen and oxygen atoms in total. The molecule has 0 amide bonds. The fourth-order valence-corrected chi connectivity index (χ4v) is 2.61. The number of rotatable bonds is 1. The maximum absolute atomic E-state index is 13.4. The van der Waals surface area contributed by atoms with Crippen LogP contribution in [0.15, 0.2) is 33.9 Å². The molecule has 98 valence electrons. The van der Waals surface area contributed by atoms with Crippen molar-refractivity contribution in [3.63, 3.8) is 0 Å². The maximum Gasteiger partial charge on any atom is 0.331 e. The lowest BCUT2D eigenvalue weighted by Crippen LogP contribution is -2.34. The summed E-state index contributed by atoms with van der Waals surface area (Å²) in [6.45, 7) is 0. The molecule has 1 aromatic carbocycles. The Labute approximate surface area is 107 Å². The van der Waals surface area contributed by atoms with Crippen molar-refractivity contribution in [3.05, 3.63) is 62.0 Å². The van der Waals surface area contributed by atoms with E-state index >= 15 is 0 Å². The summed E-state index contributed by atoms with van der Waals surface area (Å²) in [4.78, 5) is 24.7. The number of halogens is 1. The first-order valence-corrected chi connectivity index (χ1v) is 5.90. The normalized spacial score (nSPS) is 17.4. The van der Waals surface area contributed by atoms with Gasteiger partial charge < -0.3 is 5.11 Å². The number of H-pyrrole nitrogens is 1. The predicted molar refractivity (Wildman–Crippen MR) is 65.8 cm³/mol. The quantitative estimate of drug-likeness (QED) is 0.802. The van der Waals surface area contributed by atoms with Crippen molar-refractivity contribution in [1.29, 1.82) is 0 Å². The van der Waals surface area contributed by atoms with Gasteiger partial charge in [-0.2, -0.15) is 4.39 Å². The SMILES string of the molecule is O=c1[nH]c(=O)n(C2CCc3ccccc32)c(O)c1F. The molecule has 6 heteroatoms. The second kappa shape index (κ2) is 4.08. The molecule has 2 aromatic rings. The highest BCUT2D eigenvalue weighted by molar-refractivity contribution is 5.36. The summed E-state index contributed by atoms with van der Waals surface area (Å²) >= 11 is 0. The van der Waals surface area contributed by atoms with Gasteiger partial charge in [0.2, 0.25) is 11.7 Å². The summed E-state index contributed by atoms with van der Waals surface area (Å²) < 4.78 is 14.4. The molecule has 0 aliphatic heterocycles. The van der Waals surface area contributed by atoms with Crippen LogP contribution in [0, 0.1) is 5.82 Å². The Morgan fingerprint density at radius 1 is 1.32 bits per heavy atom. The monoisotopic (exact) mass is 262 g/mol. The minimum absolute atomic E-state index is 0.449. The summed E-state index contributed by atoms with van der Waals surface area (Å²) in [5, 5.41) is 9.71. The van der Waals surface area contributed by atoms with Gasteiger partial charge in [-0.05, 0) is 24.0 Å². The Morgan fingerprint density at radius 2 is 2.05 bits per heavy atom. The summed E-state index contributed by atoms with van der Waals surface area (Å²) in [5.41, 5.74) is -0.0765. The number of aromatic hydroxyl groups is 1. The summed E-state index contributed by atoms with van der Waals surface area (Å²) in [6, 6.07) is 7.02. The minimum Gasteiger partial charge on any atom is -0.492 e. The van der Waals surface area contributed by atoms with Gasteiger partial charge in [0, 0.05) is 0 Å². The molecule has 1 aromatic heterocycles. The van der Waals surface area contributed by atoms with Gasteiger partial charge in [-0.15, -0.1) is 0 Å². The summed E-state index contributed by atoms with van der Waals surface area (Å²) in [5.74, 6) is -2.24. The first-order chi connectivity index (χ1) is 9.09. The molecule has 0 saturated carbocycles. The lowest BCUT2D eigenvalue weighted by Gasteiger charge is -2.16. The Morgan fingerprint density at radius 3 is 2.84 bits per heavy atom. The van der Waals surface area contributed by atoms with E-state index in [1.807, 2.05) is 29.2 Å². The highest BCUT2D eigenvalue weighted by atomic mass is 19.1. The van der Waals surface area contributed by atoms with Gasteiger partial charge in [0.15, 0.2) is 0 Å². The molecule has 1 aliphatic rings. The smallest absolute Gasteiger partial charge is 0.331 e. The highest BCUT2D eigenvalue weighted by Crippen LogP contribution is 2.35. The van der Waals surface area contributed by atoms with E-state index in [-0.39, 0.29) is 0 Å². The van der Waals surface area contributed by atoms with Crippen LogP contribution >= 0.6 is 0 Å². The third kappa shape index (κ3) is 1.68. The number of aromatic nitrogens is 2. The van der Waals surface area contributed by atoms with Crippen molar-refractivity contribution in [3.8, 4) is 5.88 Å². The van der Waals surface area contributed by atoms with E-state index in [1.165, 1.54) is 0 Å². The van der Waals surface area contributed by atoms with Crippen LogP contribution in [-0.4, -0.2) is 14.7 Å². The van der Waals surface area contributed by atoms with Gasteiger partial charge in [0.05, 0.1) is 6.04 Å². The van der Waals surface area contributed by atoms with Crippen LogP contribution in [0.5, 0.6) is 5.88 Å². The van der Waals surface area contributed by atoms with Gasteiger partial charge in [0.1, 0.15) is 0 Å². The van der Waals surface area contributed by atoms with E-state index < -0.39 is 29.0 Å². The third-order valence-electron chi connectivity index (χ3n) is 3.48. The Balaban J connectivity index is 2.23. The van der Waals surface area contributed by atoms with Crippen molar-refractivity contribution in [1.82, 2.24) is 9.55 Å². The summed E-state index contributed by atoms with van der Waals surface area (Å²) in [6.07, 6.45) is 1.33. The maximum atomic E-state index is 13.4. The van der Waals surface area contributed by atoms with E-state index in [4.69, 9.17) is 0 Å². The minimum atomic E-state index is -1.33. The van der Waals surface area contributed by atoms with Gasteiger partial charge >= 0.3 is 5.69 Å². The molecule has 1 heterocycles. The Hall–Kier alpha value is -2.37. The first-order valence-electron chi connectivity index (χ1n) is 5.90. The van der Waals surface area contributed by atoms with E-state index in [0.29, 0.717) is 6.42 Å².